The van der Waals surface area contributed by atoms with E-state index in [9.17, 15) is 4.79 Å². The molecule has 0 rings (SSSR count). The van der Waals surface area contributed by atoms with Crippen LogP contribution in [0.4, 0.5) is 0 Å². The number of halogens is 1. The van der Waals surface area contributed by atoms with Crippen LogP contribution in [0.5, 0.6) is 0 Å². The van der Waals surface area contributed by atoms with Crippen LogP contribution in [-0.2, 0) is 4.79 Å². The highest BCUT2D eigenvalue weighted by atomic mass is 79.9. The third kappa shape index (κ3) is 7.91. The van der Waals surface area contributed by atoms with Gasteiger partial charge in [0.15, 0.2) is 0 Å². The van der Waals surface area contributed by atoms with E-state index in [1.807, 2.05) is 0 Å². The maximum Gasteiger partial charge on any atom is 0.209 e. The molecule has 0 atom stereocenters. The predicted molar refractivity (Wildman–Crippen MR) is 31.1 cm³/mol. The molecule has 3 N–H and O–H groups in total. The Morgan fingerprint density at radius 3 is 2.56 bits per heavy atom. The van der Waals surface area contributed by atoms with Crippen molar-refractivity contribution in [2.75, 3.05) is 20.1 Å². The van der Waals surface area contributed by atoms with E-state index in [0.717, 1.165) is 25.9 Å². The molecular weight excluding hydrogens is 184 g/mol. The number of carbonyl (C=O) groups is 1. The van der Waals surface area contributed by atoms with Gasteiger partial charge in [-0.2, -0.15) is 0 Å². The lowest BCUT2D eigenvalue weighted by Crippen LogP contribution is -3.00. The van der Waals surface area contributed by atoms with E-state index in [-0.39, 0.29) is 17.0 Å². The van der Waals surface area contributed by atoms with Crippen LogP contribution in [0.1, 0.15) is 6.42 Å². The molecule has 0 aromatic carbocycles. The zero-order chi connectivity index (χ0) is 6.41. The lowest BCUT2D eigenvalue weighted by molar-refractivity contribution is -0.368. The maximum atomic E-state index is 9.92. The van der Waals surface area contributed by atoms with E-state index in [2.05, 4.69) is 5.73 Å². The Morgan fingerprint density at radius 1 is 1.67 bits per heavy atom. The van der Waals surface area contributed by atoms with Crippen LogP contribution in [0.25, 0.3) is 0 Å². The Morgan fingerprint density at radius 2 is 2.22 bits per heavy atom. The van der Waals surface area contributed by atoms with Gasteiger partial charge in [-0.1, -0.05) is 0 Å². The van der Waals surface area contributed by atoms with Gasteiger partial charge in [-0.3, -0.25) is 4.79 Å². The first-order chi connectivity index (χ1) is 3.81. The van der Waals surface area contributed by atoms with Crippen LogP contribution in [0.2, 0.25) is 0 Å². The zero-order valence-corrected chi connectivity index (χ0v) is 7.23. The summed E-state index contributed by atoms with van der Waals surface area (Å²) < 4.78 is 0. The minimum absolute atomic E-state index is 0. The van der Waals surface area contributed by atoms with Gasteiger partial charge >= 0.3 is 0 Å². The highest BCUT2D eigenvalue weighted by Gasteiger charge is 1.89. The summed E-state index contributed by atoms with van der Waals surface area (Å²) in [5.74, 6) is 0. The molecule has 3 nitrogen and oxygen atoms in total. The van der Waals surface area contributed by atoms with E-state index >= 15 is 0 Å². The van der Waals surface area contributed by atoms with Crippen LogP contribution in [0.15, 0.2) is 0 Å². The number of amides is 1. The molecule has 0 spiro atoms. The summed E-state index contributed by atoms with van der Waals surface area (Å²) in [6.45, 7) is 1.73. The van der Waals surface area contributed by atoms with Gasteiger partial charge in [0, 0.05) is 20.0 Å². The van der Waals surface area contributed by atoms with Gasteiger partial charge in [0.2, 0.25) is 6.41 Å². The van der Waals surface area contributed by atoms with Crippen molar-refractivity contribution < 1.29 is 27.5 Å². The highest BCUT2D eigenvalue weighted by molar-refractivity contribution is 5.46. The third-order valence-electron chi connectivity index (χ3n) is 0.941. The first-order valence-electron chi connectivity index (χ1n) is 2.76. The van der Waals surface area contributed by atoms with Crippen LogP contribution in [0.3, 0.4) is 0 Å². The average molecular weight is 197 g/mol. The SMILES string of the molecule is CN(C=O)CCC[NH3+].[Br-]. The number of rotatable bonds is 4. The molecule has 0 saturated heterocycles. The van der Waals surface area contributed by atoms with Gasteiger partial charge < -0.3 is 27.6 Å². The van der Waals surface area contributed by atoms with Crippen molar-refractivity contribution in [1.29, 1.82) is 0 Å². The smallest absolute Gasteiger partial charge is 0.209 e. The Balaban J connectivity index is 0. The fourth-order valence-corrected chi connectivity index (χ4v) is 0.414. The summed E-state index contributed by atoms with van der Waals surface area (Å²) in [5, 5.41) is 0. The summed E-state index contributed by atoms with van der Waals surface area (Å²) in [6, 6.07) is 0. The molecule has 0 aliphatic carbocycles. The van der Waals surface area contributed by atoms with E-state index in [0.29, 0.717) is 0 Å². The van der Waals surface area contributed by atoms with Gasteiger partial charge in [-0.05, 0) is 0 Å². The van der Waals surface area contributed by atoms with Gasteiger partial charge in [0.1, 0.15) is 0 Å². The maximum absolute atomic E-state index is 9.92. The molecule has 0 saturated carbocycles. The zero-order valence-electron chi connectivity index (χ0n) is 5.64. The summed E-state index contributed by atoms with van der Waals surface area (Å²) in [6.07, 6.45) is 1.82. The van der Waals surface area contributed by atoms with Crippen molar-refractivity contribution in [3.8, 4) is 0 Å². The molecule has 0 aliphatic rings. The minimum atomic E-state index is 0. The largest absolute Gasteiger partial charge is 1.00 e. The van der Waals surface area contributed by atoms with Crippen molar-refractivity contribution in [3.63, 3.8) is 0 Å². The fraction of sp³-hybridized carbons (Fsp3) is 0.800. The highest BCUT2D eigenvalue weighted by Crippen LogP contribution is 1.76. The second-order valence-corrected chi connectivity index (χ2v) is 1.79. The quantitative estimate of drug-likeness (QED) is 0.455. The number of hydrogen-bond donors (Lipinski definition) is 1. The van der Waals surface area contributed by atoms with Crippen LogP contribution < -0.4 is 22.7 Å². The Hall–Kier alpha value is -0.0900. The lowest BCUT2D eigenvalue weighted by atomic mass is 10.4. The molecular formula is C5H13BrN2O. The number of nitrogens with zero attached hydrogens (tertiary/aromatic N) is 1. The third-order valence-corrected chi connectivity index (χ3v) is 0.941. The van der Waals surface area contributed by atoms with Gasteiger partial charge in [0.25, 0.3) is 0 Å². The molecule has 0 aliphatic heterocycles. The molecule has 0 aromatic heterocycles. The molecule has 1 amide bonds. The minimum Gasteiger partial charge on any atom is -1.00 e. The molecule has 0 unspecified atom stereocenters. The molecule has 0 heterocycles. The molecule has 56 valence electrons. The van der Waals surface area contributed by atoms with Crippen LogP contribution >= 0.6 is 0 Å². The van der Waals surface area contributed by atoms with Crippen molar-refractivity contribution in [3.05, 3.63) is 0 Å². The summed E-state index contributed by atoms with van der Waals surface area (Å²) in [7, 11) is 1.77. The Kier molecular flexibility index (Phi) is 10.3. The van der Waals surface area contributed by atoms with E-state index in [1.54, 1.807) is 11.9 Å². The van der Waals surface area contributed by atoms with Gasteiger partial charge in [0.05, 0.1) is 6.54 Å². The summed E-state index contributed by atoms with van der Waals surface area (Å²) in [4.78, 5) is 11.5. The van der Waals surface area contributed by atoms with Crippen molar-refractivity contribution >= 4 is 6.41 Å². The fourth-order valence-electron chi connectivity index (χ4n) is 0.414. The molecule has 0 bridgehead atoms. The predicted octanol–water partition coefficient (Wildman–Crippen LogP) is -4.29. The van der Waals surface area contributed by atoms with E-state index in [1.165, 1.54) is 0 Å². The second-order valence-electron chi connectivity index (χ2n) is 1.79. The Labute approximate surface area is 66.0 Å². The topological polar surface area (TPSA) is 48.0 Å². The number of carbonyl (C=O) groups excluding carboxylic acids is 1. The van der Waals surface area contributed by atoms with E-state index < -0.39 is 0 Å². The van der Waals surface area contributed by atoms with Crippen molar-refractivity contribution in [1.82, 2.24) is 4.90 Å². The molecule has 4 heteroatoms. The van der Waals surface area contributed by atoms with Gasteiger partial charge in [-0.15, -0.1) is 0 Å². The molecule has 0 fully saturated rings. The standard InChI is InChI=1S/C5H12N2O.BrH/c1-7(5-8)4-2-3-6;/h5H,2-4,6H2,1H3;1H. The summed E-state index contributed by atoms with van der Waals surface area (Å²) >= 11 is 0. The monoisotopic (exact) mass is 196 g/mol. The Bertz CT molecular complexity index is 70.0. The van der Waals surface area contributed by atoms with Crippen LogP contribution in [0, 0.1) is 0 Å². The first-order valence-corrected chi connectivity index (χ1v) is 2.76. The average Bonchev–Trinajstić information content (AvgIpc) is 1.83. The number of quaternary nitrogens is 1. The first kappa shape index (κ1) is 11.7. The second kappa shape index (κ2) is 7.91. The van der Waals surface area contributed by atoms with Crippen molar-refractivity contribution in [2.24, 2.45) is 0 Å². The van der Waals surface area contributed by atoms with E-state index in [4.69, 9.17) is 0 Å². The number of hydrogen-bond acceptors (Lipinski definition) is 1. The molecule has 9 heavy (non-hydrogen) atoms. The molecule has 0 radical (unpaired) electrons. The summed E-state index contributed by atoms with van der Waals surface area (Å²) in [5.41, 5.74) is 3.65. The normalized spacial score (nSPS) is 7.78. The molecule has 0 aromatic rings. The lowest BCUT2D eigenvalue weighted by Gasteiger charge is -2.06. The van der Waals surface area contributed by atoms with Gasteiger partial charge in [-0.25, -0.2) is 0 Å². The van der Waals surface area contributed by atoms with Crippen molar-refractivity contribution in [2.45, 2.75) is 6.42 Å². The van der Waals surface area contributed by atoms with Crippen LogP contribution in [-0.4, -0.2) is 31.4 Å².